The lowest BCUT2D eigenvalue weighted by Crippen LogP contribution is -2.41. The molecule has 0 aromatic rings. The lowest BCUT2D eigenvalue weighted by Gasteiger charge is -2.31. The maximum absolute atomic E-state index is 12.7. The zero-order valence-corrected chi connectivity index (χ0v) is 13.7. The zero-order chi connectivity index (χ0) is 15.5. The smallest absolute Gasteiger partial charge is 0.225 e. The van der Waals surface area contributed by atoms with Gasteiger partial charge in [0.2, 0.25) is 5.91 Å². The van der Waals surface area contributed by atoms with Crippen LogP contribution in [0.5, 0.6) is 0 Å². The lowest BCUT2D eigenvalue weighted by molar-refractivity contribution is -0.137. The molecule has 0 aliphatic heterocycles. The first-order valence-electron chi connectivity index (χ1n) is 8.84. The Hall–Kier alpha value is -0.610. The van der Waals surface area contributed by atoms with E-state index in [1.807, 2.05) is 4.90 Å². The Kier molecular flexibility index (Phi) is 9.68. The number of nitrogens with zero attached hydrogens (tertiary/aromatic N) is 1. The topological polar surface area (TPSA) is 66.6 Å². The van der Waals surface area contributed by atoms with Crippen LogP contribution >= 0.6 is 0 Å². The Labute approximate surface area is 130 Å². The highest BCUT2D eigenvalue weighted by molar-refractivity contribution is 5.79. The van der Waals surface area contributed by atoms with Crippen LogP contribution in [0.2, 0.25) is 0 Å². The second-order valence-electron chi connectivity index (χ2n) is 6.44. The highest BCUT2D eigenvalue weighted by Crippen LogP contribution is 2.25. The number of hydrogen-bond donors (Lipinski definition) is 2. The van der Waals surface area contributed by atoms with Gasteiger partial charge in [-0.25, -0.2) is 0 Å². The Morgan fingerprint density at radius 2 is 1.86 bits per heavy atom. The molecule has 0 spiro atoms. The van der Waals surface area contributed by atoms with Gasteiger partial charge in [-0.3, -0.25) is 4.79 Å². The highest BCUT2D eigenvalue weighted by atomic mass is 16.3. The fourth-order valence-electron chi connectivity index (χ4n) is 3.21. The molecular weight excluding hydrogens is 264 g/mol. The molecule has 0 aromatic carbocycles. The Balaban J connectivity index is 2.40. The van der Waals surface area contributed by atoms with Crippen molar-refractivity contribution in [3.05, 3.63) is 0 Å². The van der Waals surface area contributed by atoms with Gasteiger partial charge in [-0.05, 0) is 32.1 Å². The van der Waals surface area contributed by atoms with Gasteiger partial charge in [-0.15, -0.1) is 0 Å². The van der Waals surface area contributed by atoms with Crippen LogP contribution in [0.1, 0.15) is 71.1 Å². The number of carbonyl (C=O) groups excluding carboxylic acids is 1. The molecule has 21 heavy (non-hydrogen) atoms. The minimum atomic E-state index is 0.114. The molecule has 2 unspecified atom stereocenters. The van der Waals surface area contributed by atoms with Gasteiger partial charge >= 0.3 is 0 Å². The van der Waals surface area contributed by atoms with Crippen LogP contribution in [0.25, 0.3) is 0 Å². The average molecular weight is 298 g/mol. The van der Waals surface area contributed by atoms with Crippen molar-refractivity contribution in [3.63, 3.8) is 0 Å². The minimum absolute atomic E-state index is 0.114. The first-order valence-corrected chi connectivity index (χ1v) is 8.84. The van der Waals surface area contributed by atoms with E-state index in [0.717, 1.165) is 38.6 Å². The summed E-state index contributed by atoms with van der Waals surface area (Å²) in [5.74, 6) is 0.386. The van der Waals surface area contributed by atoms with Crippen LogP contribution in [-0.4, -0.2) is 41.7 Å². The third-order valence-corrected chi connectivity index (χ3v) is 4.49. The summed E-state index contributed by atoms with van der Waals surface area (Å²) in [6, 6.07) is 0.192. The molecule has 1 aliphatic rings. The molecule has 0 aromatic heterocycles. The van der Waals surface area contributed by atoms with E-state index < -0.39 is 0 Å². The summed E-state index contributed by atoms with van der Waals surface area (Å²) in [7, 11) is 0. The van der Waals surface area contributed by atoms with E-state index in [2.05, 4.69) is 6.92 Å². The van der Waals surface area contributed by atoms with Gasteiger partial charge in [0.15, 0.2) is 0 Å². The van der Waals surface area contributed by atoms with Gasteiger partial charge in [0.25, 0.3) is 0 Å². The van der Waals surface area contributed by atoms with E-state index in [4.69, 9.17) is 10.8 Å². The number of hydrogen-bond acceptors (Lipinski definition) is 3. The largest absolute Gasteiger partial charge is 0.396 e. The fraction of sp³-hybridized carbons (Fsp3) is 0.941. The molecule has 4 nitrogen and oxygen atoms in total. The molecule has 4 heteroatoms. The Morgan fingerprint density at radius 1 is 1.14 bits per heavy atom. The summed E-state index contributed by atoms with van der Waals surface area (Å²) in [5, 5.41) is 9.03. The first-order chi connectivity index (χ1) is 10.2. The predicted molar refractivity (Wildman–Crippen MR) is 87.0 cm³/mol. The van der Waals surface area contributed by atoms with Crippen molar-refractivity contribution in [1.82, 2.24) is 4.90 Å². The third-order valence-electron chi connectivity index (χ3n) is 4.49. The van der Waals surface area contributed by atoms with E-state index >= 15 is 0 Å². The van der Waals surface area contributed by atoms with Gasteiger partial charge in [-0.1, -0.05) is 39.0 Å². The molecule has 1 saturated carbocycles. The summed E-state index contributed by atoms with van der Waals surface area (Å²) in [6.45, 7) is 3.90. The number of unbranched alkanes of at least 4 members (excludes halogenated alkanes) is 4. The average Bonchev–Trinajstić information content (AvgIpc) is 2.49. The van der Waals surface area contributed by atoms with Gasteiger partial charge in [0.05, 0.1) is 0 Å². The number of aliphatic hydroxyl groups is 1. The number of amides is 1. The first kappa shape index (κ1) is 18.4. The minimum Gasteiger partial charge on any atom is -0.396 e. The van der Waals surface area contributed by atoms with Gasteiger partial charge in [0.1, 0.15) is 0 Å². The van der Waals surface area contributed by atoms with Crippen molar-refractivity contribution in [2.24, 2.45) is 11.7 Å². The molecule has 1 aliphatic carbocycles. The molecule has 0 bridgehead atoms. The second kappa shape index (κ2) is 11.0. The maximum Gasteiger partial charge on any atom is 0.225 e. The van der Waals surface area contributed by atoms with Gasteiger partial charge in [0, 0.05) is 31.7 Å². The van der Waals surface area contributed by atoms with Crippen molar-refractivity contribution in [2.45, 2.75) is 77.2 Å². The number of carbonyl (C=O) groups is 1. The van der Waals surface area contributed by atoms with E-state index in [1.165, 1.54) is 25.7 Å². The molecule has 0 heterocycles. The number of aliphatic hydroxyl groups excluding tert-OH is 1. The quantitative estimate of drug-likeness (QED) is 0.609. The lowest BCUT2D eigenvalue weighted by atomic mass is 9.85. The molecule has 1 amide bonds. The van der Waals surface area contributed by atoms with Crippen LogP contribution in [0.3, 0.4) is 0 Å². The molecule has 3 N–H and O–H groups in total. The van der Waals surface area contributed by atoms with E-state index in [1.54, 1.807) is 0 Å². The van der Waals surface area contributed by atoms with Crippen molar-refractivity contribution in [1.29, 1.82) is 0 Å². The Bertz CT molecular complexity index is 284. The van der Waals surface area contributed by atoms with Crippen LogP contribution < -0.4 is 5.73 Å². The molecule has 124 valence electrons. The van der Waals surface area contributed by atoms with Gasteiger partial charge < -0.3 is 15.7 Å². The number of rotatable bonds is 10. The molecule has 2 atom stereocenters. The van der Waals surface area contributed by atoms with Crippen LogP contribution in [0.4, 0.5) is 0 Å². The summed E-state index contributed by atoms with van der Waals surface area (Å²) in [5.41, 5.74) is 6.01. The SMILES string of the molecule is CCCCCCCN(CCCO)C(=O)C1CCCC(N)C1. The zero-order valence-electron chi connectivity index (χ0n) is 13.7. The van der Waals surface area contributed by atoms with Crippen LogP contribution in [0, 0.1) is 5.92 Å². The van der Waals surface area contributed by atoms with E-state index in [-0.39, 0.29) is 24.5 Å². The summed E-state index contributed by atoms with van der Waals surface area (Å²) >= 11 is 0. The molecule has 0 saturated heterocycles. The van der Waals surface area contributed by atoms with E-state index in [0.29, 0.717) is 13.0 Å². The summed E-state index contributed by atoms with van der Waals surface area (Å²) in [4.78, 5) is 14.6. The molecule has 0 radical (unpaired) electrons. The normalized spacial score (nSPS) is 22.2. The van der Waals surface area contributed by atoms with Crippen molar-refractivity contribution >= 4 is 5.91 Å². The van der Waals surface area contributed by atoms with Gasteiger partial charge in [-0.2, -0.15) is 0 Å². The second-order valence-corrected chi connectivity index (χ2v) is 6.44. The van der Waals surface area contributed by atoms with Crippen LogP contribution in [-0.2, 0) is 4.79 Å². The monoisotopic (exact) mass is 298 g/mol. The van der Waals surface area contributed by atoms with Crippen molar-refractivity contribution in [3.8, 4) is 0 Å². The Morgan fingerprint density at radius 3 is 2.52 bits per heavy atom. The highest BCUT2D eigenvalue weighted by Gasteiger charge is 2.28. The standard InChI is InChI=1S/C17H34N2O2/c1-2-3-4-5-6-11-19(12-8-13-20)17(21)15-9-7-10-16(18)14-15/h15-16,20H,2-14,18H2,1H3. The molecule has 1 fully saturated rings. The van der Waals surface area contributed by atoms with Crippen molar-refractivity contribution < 1.29 is 9.90 Å². The molecular formula is C17H34N2O2. The molecule has 1 rings (SSSR count). The number of nitrogens with two attached hydrogens (primary N) is 1. The summed E-state index contributed by atoms with van der Waals surface area (Å²) in [6.07, 6.45) is 10.7. The van der Waals surface area contributed by atoms with Crippen LogP contribution in [0.15, 0.2) is 0 Å². The third kappa shape index (κ3) is 7.28. The summed E-state index contributed by atoms with van der Waals surface area (Å²) < 4.78 is 0. The fourth-order valence-corrected chi connectivity index (χ4v) is 3.21. The van der Waals surface area contributed by atoms with E-state index in [9.17, 15) is 4.79 Å². The predicted octanol–water partition coefficient (Wildman–Crippen LogP) is 2.69. The van der Waals surface area contributed by atoms with Crippen molar-refractivity contribution in [2.75, 3.05) is 19.7 Å². The maximum atomic E-state index is 12.7.